The lowest BCUT2D eigenvalue weighted by atomic mass is 9.90. The van der Waals surface area contributed by atoms with Crippen LogP contribution in [0.3, 0.4) is 0 Å². The summed E-state index contributed by atoms with van der Waals surface area (Å²) in [6.45, 7) is 7.04. The fraction of sp³-hybridized carbons (Fsp3) is 0.397. The molecule has 4 N–H and O–H groups in total. The van der Waals surface area contributed by atoms with E-state index in [4.69, 9.17) is 24.2 Å². The van der Waals surface area contributed by atoms with Crippen LogP contribution in [0.1, 0.15) is 80.3 Å². The lowest BCUT2D eigenvalue weighted by molar-refractivity contribution is -0.142. The highest BCUT2D eigenvalue weighted by Gasteiger charge is 2.44. The van der Waals surface area contributed by atoms with Crippen molar-refractivity contribution in [3.8, 4) is 45.3 Å². The van der Waals surface area contributed by atoms with Crippen molar-refractivity contribution in [2.45, 2.75) is 102 Å². The number of alkyl halides is 3. The highest BCUT2D eigenvalue weighted by atomic mass is 19.4. The molecular weight excluding hydrogens is 1050 g/mol. The van der Waals surface area contributed by atoms with Gasteiger partial charge in [-0.25, -0.2) is 19.0 Å². The summed E-state index contributed by atoms with van der Waals surface area (Å²) in [5.41, 5.74) is 2.77. The fourth-order valence-electron chi connectivity index (χ4n) is 11.8. The van der Waals surface area contributed by atoms with Crippen LogP contribution in [0.4, 0.5) is 23.4 Å². The van der Waals surface area contributed by atoms with Crippen LogP contribution in [0.25, 0.3) is 55.3 Å². The van der Waals surface area contributed by atoms with Gasteiger partial charge in [0.1, 0.15) is 54.0 Å². The average Bonchev–Trinajstić information content (AvgIpc) is 4.57. The molecule has 0 saturated carbocycles. The van der Waals surface area contributed by atoms with Crippen LogP contribution in [0, 0.1) is 18.7 Å². The second-order valence-electron chi connectivity index (χ2n) is 21.6. The Morgan fingerprint density at radius 2 is 1.70 bits per heavy atom. The number of carbonyl (C=O) groups excluding carboxylic acids is 2. The molecule has 2 bridgehead atoms. The van der Waals surface area contributed by atoms with Gasteiger partial charge >= 0.3 is 12.2 Å². The molecule has 4 aromatic carbocycles. The molecule has 420 valence electrons. The number of nitrogens with one attached hydrogen (secondary N) is 3. The number of amides is 2. The van der Waals surface area contributed by atoms with E-state index < -0.39 is 41.2 Å². The third-order valence-corrected chi connectivity index (χ3v) is 16.0. The zero-order valence-electron chi connectivity index (χ0n) is 44.7. The summed E-state index contributed by atoms with van der Waals surface area (Å²) < 4.78 is 83.9. The molecule has 0 radical (unpaired) electrons. The number of hydrogen-bond acceptors (Lipinski definition) is 15. The number of rotatable bonds is 16. The Bertz CT molecular complexity index is 3610. The number of aromatic amines is 1. The van der Waals surface area contributed by atoms with Gasteiger partial charge in [0.05, 0.1) is 49.3 Å². The number of ether oxygens (including phenoxy) is 3. The topological polar surface area (TPSA) is 224 Å². The summed E-state index contributed by atoms with van der Waals surface area (Å²) in [4.78, 5) is 49.9. The third-order valence-electron chi connectivity index (χ3n) is 16.0. The molecule has 4 fully saturated rings. The normalized spacial score (nSPS) is 19.2. The maximum atomic E-state index is 15.9. The Hall–Kier alpha value is -8.15. The third kappa shape index (κ3) is 10.5. The van der Waals surface area contributed by atoms with Crippen LogP contribution in [0.15, 0.2) is 91.8 Å². The van der Waals surface area contributed by atoms with E-state index in [0.717, 1.165) is 23.6 Å². The Labute approximate surface area is 462 Å². The van der Waals surface area contributed by atoms with Crippen molar-refractivity contribution in [2.75, 3.05) is 44.4 Å². The molecule has 4 aromatic heterocycles. The fourth-order valence-corrected chi connectivity index (χ4v) is 11.8. The van der Waals surface area contributed by atoms with E-state index in [1.807, 2.05) is 43.0 Å². The van der Waals surface area contributed by atoms with Crippen LogP contribution in [-0.2, 0) is 27.1 Å². The highest BCUT2D eigenvalue weighted by molar-refractivity contribution is 6.06. The minimum absolute atomic E-state index is 0.0187. The summed E-state index contributed by atoms with van der Waals surface area (Å²) in [5, 5.41) is 32.9. The van der Waals surface area contributed by atoms with Crippen molar-refractivity contribution >= 4 is 39.4 Å². The van der Waals surface area contributed by atoms with Gasteiger partial charge in [-0.3, -0.25) is 14.7 Å². The Morgan fingerprint density at radius 3 is 2.41 bits per heavy atom. The minimum Gasteiger partial charge on any atom is -0.486 e. The lowest BCUT2D eigenvalue weighted by Crippen LogP contribution is -2.50. The van der Waals surface area contributed by atoms with Gasteiger partial charge in [0.2, 0.25) is 11.8 Å². The van der Waals surface area contributed by atoms with E-state index in [1.54, 1.807) is 47.8 Å². The predicted octanol–water partition coefficient (Wildman–Crippen LogP) is 8.08. The second kappa shape index (κ2) is 22.1. The molecule has 1 unspecified atom stereocenters. The van der Waals surface area contributed by atoms with Crippen molar-refractivity contribution in [2.24, 2.45) is 5.92 Å². The molecule has 4 aliphatic rings. The number of fused-ring (bicyclic) bond motifs is 4. The van der Waals surface area contributed by atoms with Crippen LogP contribution in [0.2, 0.25) is 0 Å². The SMILES string of the molecule is Cc1c(F)cc2[nH]ncc2c1-c1c(C(F)(F)F)cc2c(N3CC4C[C@H]3CN4)nc(OC3CCOCC3)nc2c1OCc1ccc(-c2cn([C@H](C(=O)N3CCC[C@H]3C(=O)N[C@@H](CO)c3ccc(-c4cncnc4)cc3)C(C)C)nn2)cc1. The van der Waals surface area contributed by atoms with Gasteiger partial charge in [-0.2, -0.15) is 28.2 Å². The number of hydrogen-bond donors (Lipinski definition) is 4. The first-order valence-electron chi connectivity index (χ1n) is 27.2. The first-order valence-corrected chi connectivity index (χ1v) is 27.2. The van der Waals surface area contributed by atoms with Gasteiger partial charge in [0, 0.05) is 90.0 Å². The molecule has 19 nitrogen and oxygen atoms in total. The summed E-state index contributed by atoms with van der Waals surface area (Å²) in [6.07, 6.45) is 5.60. The number of benzene rings is 4. The van der Waals surface area contributed by atoms with E-state index in [0.29, 0.717) is 80.9 Å². The monoisotopic (exact) mass is 1110 g/mol. The molecular formula is C58H59F4N13O6. The highest BCUT2D eigenvalue weighted by Crippen LogP contribution is 2.51. The number of aliphatic hydroxyl groups excluding tert-OH is 1. The van der Waals surface area contributed by atoms with Crippen molar-refractivity contribution in [1.29, 1.82) is 0 Å². The maximum Gasteiger partial charge on any atom is 0.417 e. The quantitative estimate of drug-likeness (QED) is 0.0672. The van der Waals surface area contributed by atoms with Crippen molar-refractivity contribution in [1.82, 2.24) is 60.7 Å². The Kier molecular flexibility index (Phi) is 14.6. The van der Waals surface area contributed by atoms with Crippen LogP contribution in [0.5, 0.6) is 11.8 Å². The summed E-state index contributed by atoms with van der Waals surface area (Å²) in [6, 6.07) is 14.5. The maximum absolute atomic E-state index is 15.9. The van der Waals surface area contributed by atoms with Crippen LogP contribution >= 0.6 is 0 Å². The van der Waals surface area contributed by atoms with Gasteiger partial charge < -0.3 is 39.8 Å². The summed E-state index contributed by atoms with van der Waals surface area (Å²) >= 11 is 0. The van der Waals surface area contributed by atoms with Crippen LogP contribution < -0.4 is 25.0 Å². The standard InChI is InChI=1S/C58H59F4N13O6/c1-31(2)52(56(78)73-16-4-5-48(73)55(77)67-47(28-76)36-12-10-34(11-13-36)37-22-63-30-64-23-37)75-27-46(71-72-75)35-8-6-33(7-9-35)29-80-53-50(49-32(3)44(59)21-45-42(49)25-66-70-45)43(58(60,61)62)20-41-51(53)68-57(81-40-14-17-79-18-15-40)69-54(41)74-26-38-19-39(74)24-65-38/h6-13,20-23,25,27,30-31,38-40,47-48,52,65,76H,4-5,14-19,24,26,28-29H2,1-3H3,(H,66,70)(H,67,77)/t38?,39-,47-,48-,52-/m0/s1. The van der Waals surface area contributed by atoms with Crippen LogP contribution in [-0.4, -0.2) is 131 Å². The number of H-pyrrole nitrogens is 1. The largest absolute Gasteiger partial charge is 0.486 e. The first-order chi connectivity index (χ1) is 39.2. The number of aliphatic hydroxyl groups is 1. The Balaban J connectivity index is 0.832. The molecule has 2 amide bonds. The number of aromatic nitrogens is 9. The molecule has 12 rings (SSSR count). The minimum atomic E-state index is -4.96. The van der Waals surface area contributed by atoms with Gasteiger partial charge in [0.15, 0.2) is 5.75 Å². The second-order valence-corrected chi connectivity index (χ2v) is 21.6. The number of likely N-dealkylation sites (tertiary alicyclic amines) is 1. The van der Waals surface area contributed by atoms with Gasteiger partial charge in [0.25, 0.3) is 0 Å². The zero-order valence-corrected chi connectivity index (χ0v) is 44.7. The average molecular weight is 1110 g/mol. The first kappa shape index (κ1) is 53.5. The molecule has 4 aliphatic heterocycles. The number of piperazine rings is 1. The smallest absolute Gasteiger partial charge is 0.417 e. The molecule has 0 spiro atoms. The summed E-state index contributed by atoms with van der Waals surface area (Å²) in [7, 11) is 0. The van der Waals surface area contributed by atoms with Gasteiger partial charge in [-0.05, 0) is 66.5 Å². The number of carbonyl (C=O) groups is 2. The molecule has 0 aliphatic carbocycles. The van der Waals surface area contributed by atoms with Crippen molar-refractivity contribution < 1.29 is 46.5 Å². The predicted molar refractivity (Wildman–Crippen MR) is 290 cm³/mol. The van der Waals surface area contributed by atoms with E-state index in [9.17, 15) is 14.7 Å². The van der Waals surface area contributed by atoms with E-state index in [-0.39, 0.29) is 99.6 Å². The molecule has 8 heterocycles. The number of halogens is 4. The van der Waals surface area contributed by atoms with Crippen molar-refractivity contribution in [3.05, 3.63) is 120 Å². The molecule has 81 heavy (non-hydrogen) atoms. The van der Waals surface area contributed by atoms with Gasteiger partial charge in [-0.15, -0.1) is 5.10 Å². The van der Waals surface area contributed by atoms with E-state index in [1.165, 1.54) is 30.2 Å². The number of nitrogens with zero attached hydrogens (tertiary/aromatic N) is 10. The summed E-state index contributed by atoms with van der Waals surface area (Å²) in [5.74, 6) is -1.62. The Morgan fingerprint density at radius 1 is 0.938 bits per heavy atom. The lowest BCUT2D eigenvalue weighted by Gasteiger charge is -2.31. The molecule has 23 heteroatoms. The molecule has 8 aromatic rings. The van der Waals surface area contributed by atoms with E-state index >= 15 is 17.6 Å². The molecule has 4 saturated heterocycles. The number of anilines is 1. The zero-order chi connectivity index (χ0) is 56.1. The van der Waals surface area contributed by atoms with Gasteiger partial charge in [-0.1, -0.05) is 67.6 Å². The van der Waals surface area contributed by atoms with Crippen molar-refractivity contribution in [3.63, 3.8) is 0 Å². The van der Waals surface area contributed by atoms with E-state index in [2.05, 4.69) is 41.1 Å². The molecule has 5 atom stereocenters.